The van der Waals surface area contributed by atoms with Crippen LogP contribution in [0.15, 0.2) is 28.7 Å². The molecule has 0 bridgehead atoms. The molecule has 0 aliphatic heterocycles. The Bertz CT molecular complexity index is 922. The lowest BCUT2D eigenvalue weighted by Gasteiger charge is -2.37. The largest absolute Gasteiger partial charge is 0.456 e. The van der Waals surface area contributed by atoms with E-state index in [9.17, 15) is 0 Å². The predicted octanol–water partition coefficient (Wildman–Crippen LogP) is 5.06. The summed E-state index contributed by atoms with van der Waals surface area (Å²) in [6.45, 7) is 9.19. The minimum absolute atomic E-state index is 0.260. The first-order chi connectivity index (χ1) is 9.38. The van der Waals surface area contributed by atoms with Gasteiger partial charge in [0, 0.05) is 16.2 Å². The summed E-state index contributed by atoms with van der Waals surface area (Å²) in [5.74, 6) is 0. The molecule has 0 N–H and O–H groups in total. The van der Waals surface area contributed by atoms with Gasteiger partial charge < -0.3 is 4.42 Å². The molecule has 0 saturated carbocycles. The van der Waals surface area contributed by atoms with Crippen molar-refractivity contribution in [2.75, 3.05) is 0 Å². The van der Waals surface area contributed by atoms with Crippen LogP contribution >= 0.6 is 0 Å². The number of furan rings is 1. The Kier molecular flexibility index (Phi) is 1.54. The first kappa shape index (κ1) is 11.0. The molecule has 0 atom stereocenters. The van der Waals surface area contributed by atoms with Crippen LogP contribution in [0.4, 0.5) is 0 Å². The highest BCUT2D eigenvalue weighted by atomic mass is 16.3. The molecule has 1 heteroatoms. The van der Waals surface area contributed by atoms with Crippen molar-refractivity contribution in [1.82, 2.24) is 0 Å². The third-order valence-corrected chi connectivity index (χ3v) is 5.48. The molecule has 5 rings (SSSR count). The lowest BCUT2D eigenvalue weighted by Crippen LogP contribution is -2.32. The predicted molar refractivity (Wildman–Crippen MR) is 82.6 cm³/mol. The second-order valence-corrected chi connectivity index (χ2v) is 7.69. The zero-order valence-electron chi connectivity index (χ0n) is 12.4. The Labute approximate surface area is 118 Å². The molecule has 100 valence electrons. The Morgan fingerprint density at radius 2 is 1.40 bits per heavy atom. The summed E-state index contributed by atoms with van der Waals surface area (Å²) in [6, 6.07) is 9.20. The Hall–Kier alpha value is -1.76. The van der Waals surface area contributed by atoms with Gasteiger partial charge in [0.05, 0.1) is 0 Å². The molecular weight excluding hydrogens is 244 g/mol. The molecule has 0 amide bonds. The van der Waals surface area contributed by atoms with E-state index < -0.39 is 0 Å². The number of benzene rings is 2. The van der Waals surface area contributed by atoms with Gasteiger partial charge in [-0.2, -0.15) is 0 Å². The van der Waals surface area contributed by atoms with Gasteiger partial charge in [-0.3, -0.25) is 0 Å². The molecule has 1 nitrogen and oxygen atoms in total. The molecule has 0 fully saturated rings. The van der Waals surface area contributed by atoms with Gasteiger partial charge in [0.1, 0.15) is 11.2 Å². The Morgan fingerprint density at radius 3 is 2.10 bits per heavy atom. The number of hydrogen-bond donors (Lipinski definition) is 0. The van der Waals surface area contributed by atoms with E-state index in [4.69, 9.17) is 4.42 Å². The van der Waals surface area contributed by atoms with Crippen molar-refractivity contribution in [3.8, 4) is 0 Å². The summed E-state index contributed by atoms with van der Waals surface area (Å²) in [4.78, 5) is 0. The molecule has 3 aromatic rings. The van der Waals surface area contributed by atoms with Gasteiger partial charge in [0.2, 0.25) is 0 Å². The molecule has 0 radical (unpaired) electrons. The average Bonchev–Trinajstić information content (AvgIpc) is 2.76. The van der Waals surface area contributed by atoms with Crippen LogP contribution in [0, 0.1) is 0 Å². The van der Waals surface area contributed by atoms with E-state index >= 15 is 0 Å². The minimum Gasteiger partial charge on any atom is -0.456 e. The first-order valence-electron chi connectivity index (χ1n) is 7.42. The van der Waals surface area contributed by atoms with Gasteiger partial charge in [0.15, 0.2) is 0 Å². The smallest absolute Gasteiger partial charge is 0.135 e. The second kappa shape index (κ2) is 2.81. The molecule has 0 saturated heterocycles. The molecule has 0 unspecified atom stereocenters. The van der Waals surface area contributed by atoms with Crippen LogP contribution in [0.3, 0.4) is 0 Å². The van der Waals surface area contributed by atoms with Crippen LogP contribution in [0.5, 0.6) is 0 Å². The van der Waals surface area contributed by atoms with Crippen molar-refractivity contribution in [2.45, 2.75) is 44.9 Å². The van der Waals surface area contributed by atoms with E-state index in [1.54, 1.807) is 0 Å². The maximum absolute atomic E-state index is 6.12. The van der Waals surface area contributed by atoms with E-state index in [1.807, 2.05) is 0 Å². The zero-order chi connectivity index (χ0) is 13.9. The van der Waals surface area contributed by atoms with E-state index in [0.29, 0.717) is 5.41 Å². The summed E-state index contributed by atoms with van der Waals surface area (Å²) in [5.41, 5.74) is 8.56. The van der Waals surface area contributed by atoms with Crippen LogP contribution in [0.1, 0.15) is 49.9 Å². The Balaban J connectivity index is 1.85. The van der Waals surface area contributed by atoms with Crippen LogP contribution in [0.2, 0.25) is 0 Å². The molecule has 1 aromatic heterocycles. The van der Waals surface area contributed by atoms with Crippen molar-refractivity contribution in [3.05, 3.63) is 46.5 Å². The molecule has 2 aliphatic rings. The van der Waals surface area contributed by atoms with Crippen LogP contribution in [-0.2, 0) is 17.3 Å². The second-order valence-electron chi connectivity index (χ2n) is 7.69. The third kappa shape index (κ3) is 1.07. The summed E-state index contributed by atoms with van der Waals surface area (Å²) in [5, 5.41) is 2.58. The highest BCUT2D eigenvalue weighted by molar-refractivity contribution is 6.07. The van der Waals surface area contributed by atoms with Crippen LogP contribution < -0.4 is 0 Å². The first-order valence-corrected chi connectivity index (χ1v) is 7.42. The van der Waals surface area contributed by atoms with Crippen LogP contribution in [-0.4, -0.2) is 0 Å². The van der Waals surface area contributed by atoms with Gasteiger partial charge in [0.25, 0.3) is 0 Å². The maximum Gasteiger partial charge on any atom is 0.135 e. The zero-order valence-corrected chi connectivity index (χ0v) is 12.4. The van der Waals surface area contributed by atoms with E-state index in [2.05, 4.69) is 52.0 Å². The van der Waals surface area contributed by atoms with E-state index in [-0.39, 0.29) is 5.41 Å². The number of rotatable bonds is 0. The highest BCUT2D eigenvalue weighted by Gasteiger charge is 2.42. The van der Waals surface area contributed by atoms with Crippen molar-refractivity contribution in [3.63, 3.8) is 0 Å². The topological polar surface area (TPSA) is 13.1 Å². The fourth-order valence-corrected chi connectivity index (χ4v) is 4.04. The summed E-state index contributed by atoms with van der Waals surface area (Å²) in [7, 11) is 0. The molecule has 1 heterocycles. The third-order valence-electron chi connectivity index (χ3n) is 5.48. The quantitative estimate of drug-likeness (QED) is 0.552. The van der Waals surface area contributed by atoms with Crippen molar-refractivity contribution < 1.29 is 4.42 Å². The molecule has 2 aromatic carbocycles. The van der Waals surface area contributed by atoms with E-state index in [1.165, 1.54) is 39.4 Å². The molecule has 0 spiro atoms. The lowest BCUT2D eigenvalue weighted by molar-refractivity contribution is 0.455. The number of hydrogen-bond acceptors (Lipinski definition) is 1. The summed E-state index contributed by atoms with van der Waals surface area (Å²) < 4.78 is 6.12. The standard InChI is InChI=1S/C19H18O/c1-18(2)9-10-5-11-12-6-14-15(19(14,3)4)8-17(12)20-16(11)7-13(10)18/h5-8H,9H2,1-4H3. The Morgan fingerprint density at radius 1 is 0.800 bits per heavy atom. The van der Waals surface area contributed by atoms with Gasteiger partial charge in [-0.05, 0) is 58.4 Å². The van der Waals surface area contributed by atoms with Crippen molar-refractivity contribution in [2.24, 2.45) is 0 Å². The maximum atomic E-state index is 6.12. The fourth-order valence-electron chi connectivity index (χ4n) is 4.04. The van der Waals surface area contributed by atoms with Crippen LogP contribution in [0.25, 0.3) is 21.9 Å². The monoisotopic (exact) mass is 262 g/mol. The number of fused-ring (bicyclic) bond motifs is 5. The molecular formula is C19H18O. The molecule has 20 heavy (non-hydrogen) atoms. The van der Waals surface area contributed by atoms with Gasteiger partial charge in [-0.15, -0.1) is 0 Å². The SMILES string of the molecule is CC1(C)Cc2cc3c(cc21)oc1cc2c(cc13)C2(C)C. The summed E-state index contributed by atoms with van der Waals surface area (Å²) >= 11 is 0. The lowest BCUT2D eigenvalue weighted by atomic mass is 9.66. The normalized spacial score (nSPS) is 20.6. The van der Waals surface area contributed by atoms with Crippen molar-refractivity contribution >= 4 is 21.9 Å². The van der Waals surface area contributed by atoms with Gasteiger partial charge >= 0.3 is 0 Å². The molecule has 2 aliphatic carbocycles. The van der Waals surface area contributed by atoms with Gasteiger partial charge in [-0.1, -0.05) is 27.7 Å². The van der Waals surface area contributed by atoms with Gasteiger partial charge in [-0.25, -0.2) is 0 Å². The van der Waals surface area contributed by atoms with Crippen molar-refractivity contribution in [1.29, 1.82) is 0 Å². The fraction of sp³-hybridized carbons (Fsp3) is 0.368. The van der Waals surface area contributed by atoms with E-state index in [0.717, 1.165) is 11.2 Å². The average molecular weight is 262 g/mol. The minimum atomic E-state index is 0.260. The summed E-state index contributed by atoms with van der Waals surface area (Å²) in [6.07, 6.45) is 1.18. The highest BCUT2D eigenvalue weighted by Crippen LogP contribution is 2.52.